The van der Waals surface area contributed by atoms with E-state index in [1.165, 1.54) is 43.1 Å². The van der Waals surface area contributed by atoms with Gasteiger partial charge in [0.2, 0.25) is 0 Å². The van der Waals surface area contributed by atoms with Crippen molar-refractivity contribution in [3.63, 3.8) is 0 Å². The van der Waals surface area contributed by atoms with Gasteiger partial charge in [-0.3, -0.25) is 0 Å². The Morgan fingerprint density at radius 1 is 0.762 bits per heavy atom. The molecule has 1 fully saturated rings. The molecule has 2 unspecified atom stereocenters. The number of hydrogen-bond donors (Lipinski definition) is 0. The normalized spacial score (nSPS) is 22.5. The highest BCUT2D eigenvalue weighted by Gasteiger charge is 2.41. The van der Waals surface area contributed by atoms with Gasteiger partial charge in [-0.15, -0.1) is 0 Å². The summed E-state index contributed by atoms with van der Waals surface area (Å²) in [4.78, 5) is 0. The molecule has 4 aromatic carbocycles. The Labute approximate surface area is 121 Å². The number of ether oxygens (including phenoxy) is 1. The van der Waals surface area contributed by atoms with E-state index < -0.39 is 0 Å². The molecular formula is C20H12O. The van der Waals surface area contributed by atoms with Crippen LogP contribution in [-0.2, 0) is 4.74 Å². The van der Waals surface area contributed by atoms with Gasteiger partial charge in [0.05, 0.1) is 0 Å². The van der Waals surface area contributed by atoms with Crippen molar-refractivity contribution < 1.29 is 4.74 Å². The van der Waals surface area contributed by atoms with Crippen LogP contribution in [0, 0.1) is 0 Å². The molecule has 1 aliphatic carbocycles. The summed E-state index contributed by atoms with van der Waals surface area (Å²) in [5.41, 5.74) is 1.37. The first kappa shape index (κ1) is 10.4. The maximum Gasteiger partial charge on any atom is 0.114 e. The first-order valence-electron chi connectivity index (χ1n) is 7.44. The second-order valence-corrected chi connectivity index (χ2v) is 6.12. The zero-order valence-electron chi connectivity index (χ0n) is 11.3. The Kier molecular flexibility index (Phi) is 1.61. The monoisotopic (exact) mass is 268 g/mol. The van der Waals surface area contributed by atoms with Gasteiger partial charge in [-0.2, -0.15) is 0 Å². The number of hydrogen-bond acceptors (Lipinski definition) is 1. The van der Waals surface area contributed by atoms with Crippen LogP contribution in [0.25, 0.3) is 38.4 Å². The summed E-state index contributed by atoms with van der Waals surface area (Å²) < 4.78 is 5.79. The SMILES string of the molecule is C1=c2ccc3cc4ccccc4c4ccc(c2c34)C2OC12. The summed E-state index contributed by atoms with van der Waals surface area (Å²) in [7, 11) is 0. The van der Waals surface area contributed by atoms with Crippen LogP contribution in [-0.4, -0.2) is 6.10 Å². The Morgan fingerprint density at radius 2 is 1.71 bits per heavy atom. The molecular weight excluding hydrogens is 256 g/mol. The fourth-order valence-electron chi connectivity index (χ4n) is 4.01. The van der Waals surface area contributed by atoms with Crippen LogP contribution in [0.1, 0.15) is 11.7 Å². The second kappa shape index (κ2) is 3.26. The van der Waals surface area contributed by atoms with Crippen molar-refractivity contribution in [2.24, 2.45) is 0 Å². The fourth-order valence-corrected chi connectivity index (χ4v) is 4.01. The Morgan fingerprint density at radius 3 is 2.71 bits per heavy atom. The van der Waals surface area contributed by atoms with Gasteiger partial charge >= 0.3 is 0 Å². The molecule has 1 heterocycles. The minimum absolute atomic E-state index is 0.291. The van der Waals surface area contributed by atoms with Crippen LogP contribution < -0.4 is 5.22 Å². The maximum atomic E-state index is 5.79. The minimum atomic E-state index is 0.291. The lowest BCUT2D eigenvalue weighted by Gasteiger charge is -2.14. The smallest absolute Gasteiger partial charge is 0.114 e. The molecule has 0 bridgehead atoms. The molecule has 1 heteroatoms. The molecule has 0 radical (unpaired) electrons. The van der Waals surface area contributed by atoms with Gasteiger partial charge in [-0.1, -0.05) is 48.5 Å². The minimum Gasteiger partial charge on any atom is -0.360 e. The van der Waals surface area contributed by atoms with Crippen molar-refractivity contribution >= 4 is 38.4 Å². The zero-order valence-corrected chi connectivity index (χ0v) is 11.3. The van der Waals surface area contributed by atoms with Crippen molar-refractivity contribution in [3.8, 4) is 0 Å². The van der Waals surface area contributed by atoms with E-state index in [1.807, 2.05) is 0 Å². The van der Waals surface area contributed by atoms with E-state index in [1.54, 1.807) is 0 Å². The van der Waals surface area contributed by atoms with Gasteiger partial charge in [-0.05, 0) is 55.2 Å². The van der Waals surface area contributed by atoms with E-state index >= 15 is 0 Å². The third-order valence-electron chi connectivity index (χ3n) is 5.00. The fraction of sp³-hybridized carbons (Fsp3) is 0.100. The van der Waals surface area contributed by atoms with Crippen LogP contribution in [0.15, 0.2) is 54.6 Å². The predicted molar refractivity (Wildman–Crippen MR) is 86.3 cm³/mol. The van der Waals surface area contributed by atoms with Crippen LogP contribution in [0.2, 0.25) is 0 Å². The van der Waals surface area contributed by atoms with Crippen molar-refractivity contribution in [1.29, 1.82) is 0 Å². The largest absolute Gasteiger partial charge is 0.360 e. The van der Waals surface area contributed by atoms with E-state index in [0.29, 0.717) is 12.2 Å². The summed E-state index contributed by atoms with van der Waals surface area (Å²) in [6.07, 6.45) is 2.87. The summed E-state index contributed by atoms with van der Waals surface area (Å²) in [5, 5.41) is 9.47. The van der Waals surface area contributed by atoms with Gasteiger partial charge in [0.15, 0.2) is 0 Å². The van der Waals surface area contributed by atoms with Gasteiger partial charge in [-0.25, -0.2) is 0 Å². The standard InChI is InChI=1S/C20H12O/c1-2-4-14-11(3-1)9-12-5-6-13-10-17-20(21-17)16-8-7-15(14)18(12)19(13)16/h1-10,17,20H. The van der Waals surface area contributed by atoms with E-state index in [4.69, 9.17) is 4.74 Å². The average Bonchev–Trinajstić information content (AvgIpc) is 3.31. The van der Waals surface area contributed by atoms with Gasteiger partial charge < -0.3 is 4.74 Å². The zero-order chi connectivity index (χ0) is 13.6. The second-order valence-electron chi connectivity index (χ2n) is 6.12. The molecule has 21 heavy (non-hydrogen) atoms. The third-order valence-corrected chi connectivity index (χ3v) is 5.00. The van der Waals surface area contributed by atoms with E-state index in [2.05, 4.69) is 60.7 Å². The summed E-state index contributed by atoms with van der Waals surface area (Å²) in [5.74, 6) is 0. The lowest BCUT2D eigenvalue weighted by molar-refractivity contribution is 0.401. The summed E-state index contributed by atoms with van der Waals surface area (Å²) in [6, 6.07) is 20.0. The van der Waals surface area contributed by atoms with Crippen LogP contribution in [0.3, 0.4) is 0 Å². The van der Waals surface area contributed by atoms with Crippen molar-refractivity contribution in [2.45, 2.75) is 12.2 Å². The molecule has 1 nitrogen and oxygen atoms in total. The molecule has 0 N–H and O–H groups in total. The molecule has 98 valence electrons. The average molecular weight is 268 g/mol. The molecule has 2 aliphatic rings. The topological polar surface area (TPSA) is 12.5 Å². The molecule has 1 aliphatic heterocycles. The quantitative estimate of drug-likeness (QED) is 0.266. The molecule has 0 spiro atoms. The van der Waals surface area contributed by atoms with E-state index in [9.17, 15) is 0 Å². The third kappa shape index (κ3) is 1.17. The molecule has 4 aromatic rings. The van der Waals surface area contributed by atoms with Crippen molar-refractivity contribution in [2.75, 3.05) is 0 Å². The number of epoxide rings is 1. The van der Waals surface area contributed by atoms with E-state index in [0.717, 1.165) is 0 Å². The Hall–Kier alpha value is -2.38. The summed E-state index contributed by atoms with van der Waals surface area (Å²) in [6.45, 7) is 0. The van der Waals surface area contributed by atoms with Gasteiger partial charge in [0.1, 0.15) is 12.2 Å². The van der Waals surface area contributed by atoms with Crippen LogP contribution >= 0.6 is 0 Å². The Balaban J connectivity index is 1.99. The highest BCUT2D eigenvalue weighted by molar-refractivity contribution is 6.22. The lowest BCUT2D eigenvalue weighted by atomic mass is 9.88. The first-order valence-corrected chi connectivity index (χ1v) is 7.44. The maximum absolute atomic E-state index is 5.79. The molecule has 6 rings (SSSR count). The number of fused-ring (bicyclic) bond motifs is 4. The number of benzene rings is 4. The lowest BCUT2D eigenvalue weighted by Crippen LogP contribution is -2.11. The highest BCUT2D eigenvalue weighted by Crippen LogP contribution is 2.46. The molecule has 0 aromatic heterocycles. The molecule has 1 saturated heterocycles. The van der Waals surface area contributed by atoms with Gasteiger partial charge in [0.25, 0.3) is 0 Å². The molecule has 2 atom stereocenters. The van der Waals surface area contributed by atoms with E-state index in [-0.39, 0.29) is 0 Å². The predicted octanol–water partition coefficient (Wildman–Crippen LogP) is 4.10. The van der Waals surface area contributed by atoms with Crippen molar-refractivity contribution in [1.82, 2.24) is 0 Å². The molecule has 0 saturated carbocycles. The van der Waals surface area contributed by atoms with Gasteiger partial charge in [0, 0.05) is 0 Å². The highest BCUT2D eigenvalue weighted by atomic mass is 16.6. The number of rotatable bonds is 0. The summed E-state index contributed by atoms with van der Waals surface area (Å²) >= 11 is 0. The first-order chi connectivity index (χ1) is 10.4. The van der Waals surface area contributed by atoms with Crippen LogP contribution in [0.4, 0.5) is 0 Å². The van der Waals surface area contributed by atoms with Crippen molar-refractivity contribution in [3.05, 3.63) is 65.4 Å². The Bertz CT molecular complexity index is 1120. The molecule has 0 amide bonds. The van der Waals surface area contributed by atoms with Crippen LogP contribution in [0.5, 0.6) is 0 Å².